The van der Waals surface area contributed by atoms with Crippen LogP contribution in [0.1, 0.15) is 18.1 Å². The van der Waals surface area contributed by atoms with Crippen molar-refractivity contribution in [1.29, 1.82) is 0 Å². The molecule has 4 nitrogen and oxygen atoms in total. The molecule has 1 N–H and O–H groups in total. The second-order valence-corrected chi connectivity index (χ2v) is 6.76. The summed E-state index contributed by atoms with van der Waals surface area (Å²) in [6, 6.07) is 10.3. The Kier molecular flexibility index (Phi) is 4.43. The van der Waals surface area contributed by atoms with Crippen molar-refractivity contribution < 1.29 is 9.18 Å². The molecule has 23 heavy (non-hydrogen) atoms. The molecule has 1 unspecified atom stereocenters. The van der Waals surface area contributed by atoms with Crippen LogP contribution in [0.5, 0.6) is 0 Å². The van der Waals surface area contributed by atoms with Gasteiger partial charge in [0.2, 0.25) is 5.91 Å². The minimum atomic E-state index is -0.709. The normalized spacial score (nSPS) is 22.3. The third-order valence-corrected chi connectivity index (χ3v) is 5.03. The van der Waals surface area contributed by atoms with E-state index in [1.807, 2.05) is 19.1 Å². The molecule has 1 aliphatic heterocycles. The molecule has 6 heteroatoms. The van der Waals surface area contributed by atoms with Gasteiger partial charge < -0.3 is 5.32 Å². The first-order valence-electron chi connectivity index (χ1n) is 7.28. The number of nitrogens with zero attached hydrogens (tertiary/aromatic N) is 2. The predicted octanol–water partition coefficient (Wildman–Crippen LogP) is 2.90. The van der Waals surface area contributed by atoms with Crippen molar-refractivity contribution in [1.82, 2.24) is 10.3 Å². The minimum Gasteiger partial charge on any atom is -0.304 e. The van der Waals surface area contributed by atoms with Crippen LogP contribution in [0.15, 0.2) is 53.8 Å². The molecule has 2 heterocycles. The smallest absolute Gasteiger partial charge is 0.246 e. The number of amidine groups is 1. The number of aromatic nitrogens is 1. The van der Waals surface area contributed by atoms with Gasteiger partial charge in [0.1, 0.15) is 10.6 Å². The van der Waals surface area contributed by atoms with Crippen molar-refractivity contribution in [3.05, 3.63) is 65.7 Å². The van der Waals surface area contributed by atoms with Gasteiger partial charge in [-0.1, -0.05) is 30.0 Å². The average molecular weight is 329 g/mol. The molecule has 0 radical (unpaired) electrons. The summed E-state index contributed by atoms with van der Waals surface area (Å²) in [5.74, 6) is -0.323. The van der Waals surface area contributed by atoms with Gasteiger partial charge in [-0.15, -0.1) is 0 Å². The van der Waals surface area contributed by atoms with Crippen LogP contribution in [0.2, 0.25) is 0 Å². The van der Waals surface area contributed by atoms with Crippen LogP contribution >= 0.6 is 11.8 Å². The molecule has 1 aromatic heterocycles. The number of hydrogen-bond acceptors (Lipinski definition) is 4. The van der Waals surface area contributed by atoms with E-state index in [2.05, 4.69) is 15.3 Å². The van der Waals surface area contributed by atoms with Crippen LogP contribution in [0.25, 0.3) is 0 Å². The maximum absolute atomic E-state index is 13.6. The van der Waals surface area contributed by atoms with Crippen LogP contribution in [0.4, 0.5) is 4.39 Å². The van der Waals surface area contributed by atoms with E-state index in [0.29, 0.717) is 23.7 Å². The van der Waals surface area contributed by atoms with Gasteiger partial charge in [0.15, 0.2) is 5.17 Å². The second kappa shape index (κ2) is 6.50. The lowest BCUT2D eigenvalue weighted by Gasteiger charge is -2.18. The van der Waals surface area contributed by atoms with E-state index in [4.69, 9.17) is 0 Å². The van der Waals surface area contributed by atoms with E-state index in [0.717, 1.165) is 5.56 Å². The van der Waals surface area contributed by atoms with Crippen molar-refractivity contribution >= 4 is 22.8 Å². The number of benzene rings is 1. The summed E-state index contributed by atoms with van der Waals surface area (Å²) in [6.45, 7) is 2.29. The molecule has 0 saturated carbocycles. The molecule has 0 bridgehead atoms. The van der Waals surface area contributed by atoms with Crippen molar-refractivity contribution in [2.75, 3.05) is 6.54 Å². The van der Waals surface area contributed by atoms with Gasteiger partial charge in [0.25, 0.3) is 0 Å². The van der Waals surface area contributed by atoms with Gasteiger partial charge >= 0.3 is 0 Å². The summed E-state index contributed by atoms with van der Waals surface area (Å²) < 4.78 is 12.9. The standard InChI is InChI=1S/C17H16FN3OS/c1-17(13-7-9-19-10-8-13)15(22)21-16(23-17)20-11-6-12-4-2-3-5-14(12)18/h2-5,7-10H,6,11H2,1H3,(H,20,21,22). The van der Waals surface area contributed by atoms with Crippen molar-refractivity contribution in [2.45, 2.75) is 18.1 Å². The van der Waals surface area contributed by atoms with Crippen LogP contribution in [-0.2, 0) is 16.0 Å². The van der Waals surface area contributed by atoms with E-state index in [9.17, 15) is 9.18 Å². The predicted molar refractivity (Wildman–Crippen MR) is 89.7 cm³/mol. The molecule has 2 aromatic rings. The number of hydrogen-bond donors (Lipinski definition) is 1. The van der Waals surface area contributed by atoms with Crippen LogP contribution < -0.4 is 5.32 Å². The van der Waals surface area contributed by atoms with Gasteiger partial charge in [-0.25, -0.2) is 4.39 Å². The number of halogens is 1. The van der Waals surface area contributed by atoms with Gasteiger partial charge in [0, 0.05) is 18.9 Å². The average Bonchev–Trinajstić information content (AvgIpc) is 2.86. The van der Waals surface area contributed by atoms with E-state index < -0.39 is 4.75 Å². The zero-order valence-electron chi connectivity index (χ0n) is 12.6. The summed E-state index contributed by atoms with van der Waals surface area (Å²) in [5.41, 5.74) is 1.51. The molecule has 3 rings (SSSR count). The molecular weight excluding hydrogens is 313 g/mol. The maximum Gasteiger partial charge on any atom is 0.246 e. The third kappa shape index (κ3) is 3.27. The molecule has 0 aliphatic carbocycles. The van der Waals surface area contributed by atoms with Gasteiger partial charge in [-0.05, 0) is 42.7 Å². The Morgan fingerprint density at radius 1 is 1.26 bits per heavy atom. The quantitative estimate of drug-likeness (QED) is 0.938. The zero-order valence-corrected chi connectivity index (χ0v) is 13.4. The van der Waals surface area contributed by atoms with Crippen molar-refractivity contribution in [2.24, 2.45) is 4.99 Å². The number of rotatable bonds is 4. The largest absolute Gasteiger partial charge is 0.304 e. The summed E-state index contributed by atoms with van der Waals surface area (Å²) in [5, 5.41) is 3.38. The Hall–Kier alpha value is -2.21. The molecule has 1 amide bonds. The minimum absolute atomic E-state index is 0.0988. The summed E-state index contributed by atoms with van der Waals surface area (Å²) in [6.07, 6.45) is 3.84. The van der Waals surface area contributed by atoms with E-state index in [1.165, 1.54) is 17.8 Å². The fourth-order valence-electron chi connectivity index (χ4n) is 2.39. The van der Waals surface area contributed by atoms with Gasteiger partial charge in [0.05, 0.1) is 0 Å². The summed E-state index contributed by atoms with van der Waals surface area (Å²) >= 11 is 1.38. The Balaban J connectivity index is 1.69. The first kappa shape index (κ1) is 15.7. The van der Waals surface area contributed by atoms with Crippen LogP contribution in [0, 0.1) is 5.82 Å². The Bertz CT molecular complexity index is 751. The molecule has 1 fully saturated rings. The number of amides is 1. The van der Waals surface area contributed by atoms with Crippen molar-refractivity contribution in [3.63, 3.8) is 0 Å². The van der Waals surface area contributed by atoms with Gasteiger partial charge in [-0.2, -0.15) is 0 Å². The Morgan fingerprint density at radius 3 is 2.74 bits per heavy atom. The van der Waals surface area contributed by atoms with E-state index in [1.54, 1.807) is 30.6 Å². The summed E-state index contributed by atoms with van der Waals surface area (Å²) in [7, 11) is 0. The lowest BCUT2D eigenvalue weighted by Crippen LogP contribution is -2.31. The van der Waals surface area contributed by atoms with Crippen LogP contribution in [-0.4, -0.2) is 22.6 Å². The molecular formula is C17H16FN3OS. The first-order chi connectivity index (χ1) is 11.1. The highest BCUT2D eigenvalue weighted by Gasteiger charge is 2.43. The van der Waals surface area contributed by atoms with E-state index >= 15 is 0 Å². The fourth-order valence-corrected chi connectivity index (χ4v) is 3.48. The molecule has 1 saturated heterocycles. The topological polar surface area (TPSA) is 54.4 Å². The number of pyridine rings is 1. The molecule has 0 spiro atoms. The lowest BCUT2D eigenvalue weighted by molar-refractivity contribution is -0.121. The molecule has 1 aromatic carbocycles. The Labute approximate surface area is 138 Å². The maximum atomic E-state index is 13.6. The molecule has 1 atom stereocenters. The first-order valence-corrected chi connectivity index (χ1v) is 8.10. The van der Waals surface area contributed by atoms with Gasteiger partial charge in [-0.3, -0.25) is 14.8 Å². The summed E-state index contributed by atoms with van der Waals surface area (Å²) in [4.78, 5) is 20.7. The Morgan fingerprint density at radius 2 is 2.00 bits per heavy atom. The highest BCUT2D eigenvalue weighted by atomic mass is 32.2. The highest BCUT2D eigenvalue weighted by molar-refractivity contribution is 8.15. The second-order valence-electron chi connectivity index (χ2n) is 5.35. The SMILES string of the molecule is CC1(c2ccncc2)SC(=NCCc2ccccc2F)NC1=O. The number of nitrogens with one attached hydrogen (secondary N) is 1. The fraction of sp³-hybridized carbons (Fsp3) is 0.235. The van der Waals surface area contributed by atoms with E-state index in [-0.39, 0.29) is 11.7 Å². The number of aliphatic imine (C=N–C) groups is 1. The monoisotopic (exact) mass is 329 g/mol. The van der Waals surface area contributed by atoms with Crippen LogP contribution in [0.3, 0.4) is 0 Å². The zero-order chi connectivity index (χ0) is 16.3. The molecule has 118 valence electrons. The highest BCUT2D eigenvalue weighted by Crippen LogP contribution is 2.40. The van der Waals surface area contributed by atoms with Crippen molar-refractivity contribution in [3.8, 4) is 0 Å². The third-order valence-electron chi connectivity index (χ3n) is 3.78. The lowest BCUT2D eigenvalue weighted by atomic mass is 10.0. The molecule has 1 aliphatic rings. The number of thioether (sulfide) groups is 1. The number of carbonyl (C=O) groups is 1. The number of carbonyl (C=O) groups excluding carboxylic acids is 1.